The van der Waals surface area contributed by atoms with Crippen LogP contribution in [0.5, 0.6) is 0 Å². The zero-order valence-electron chi connectivity index (χ0n) is 10.5. The van der Waals surface area contributed by atoms with Gasteiger partial charge in [0.25, 0.3) is 0 Å². The molecule has 19 heavy (non-hydrogen) atoms. The molecule has 3 rings (SSSR count). The van der Waals surface area contributed by atoms with E-state index in [0.29, 0.717) is 11.3 Å². The van der Waals surface area contributed by atoms with Gasteiger partial charge in [0.1, 0.15) is 6.07 Å². The van der Waals surface area contributed by atoms with Gasteiger partial charge in [-0.05, 0) is 37.3 Å². The number of nitriles is 1. The number of hydrogen-bond acceptors (Lipinski definition) is 3. The fraction of sp³-hybridized carbons (Fsp3) is 0.0667. The van der Waals surface area contributed by atoms with Crippen LogP contribution in [-0.2, 0) is 0 Å². The van der Waals surface area contributed by atoms with Crippen LogP contribution in [0.15, 0.2) is 42.7 Å². The van der Waals surface area contributed by atoms with E-state index in [0.717, 1.165) is 22.3 Å². The second kappa shape index (κ2) is 4.14. The summed E-state index contributed by atoms with van der Waals surface area (Å²) < 4.78 is 1.96. The van der Waals surface area contributed by atoms with E-state index < -0.39 is 0 Å². The van der Waals surface area contributed by atoms with Crippen LogP contribution in [0.3, 0.4) is 0 Å². The lowest BCUT2D eigenvalue weighted by molar-refractivity contribution is 1.05. The normalized spacial score (nSPS) is 10.5. The molecule has 0 spiro atoms. The van der Waals surface area contributed by atoms with Crippen LogP contribution in [0.4, 0.5) is 5.69 Å². The van der Waals surface area contributed by atoms with E-state index in [-0.39, 0.29) is 0 Å². The molecule has 0 aliphatic carbocycles. The third-order valence-electron chi connectivity index (χ3n) is 3.19. The predicted octanol–water partition coefficient (Wildman–Crippen LogP) is 2.79. The topological polar surface area (TPSA) is 67.6 Å². The molecule has 0 saturated carbocycles. The van der Waals surface area contributed by atoms with Crippen LogP contribution >= 0.6 is 0 Å². The molecule has 0 radical (unpaired) electrons. The lowest BCUT2D eigenvalue weighted by Gasteiger charge is -2.08. The average Bonchev–Trinajstić information content (AvgIpc) is 2.77. The van der Waals surface area contributed by atoms with Crippen LogP contribution in [0, 0.1) is 18.3 Å². The Bertz CT molecular complexity index is 809. The zero-order chi connectivity index (χ0) is 13.4. The van der Waals surface area contributed by atoms with E-state index in [9.17, 15) is 5.26 Å². The van der Waals surface area contributed by atoms with Gasteiger partial charge in [0.15, 0.2) is 0 Å². The molecule has 3 aromatic rings. The third kappa shape index (κ3) is 1.72. The number of hydrogen-bond donors (Lipinski definition) is 1. The zero-order valence-corrected chi connectivity index (χ0v) is 10.5. The molecule has 0 atom stereocenters. The van der Waals surface area contributed by atoms with Crippen molar-refractivity contribution in [3.05, 3.63) is 54.0 Å². The van der Waals surface area contributed by atoms with Crippen molar-refractivity contribution >= 4 is 16.6 Å². The summed E-state index contributed by atoms with van der Waals surface area (Å²) in [6.07, 6.45) is 3.58. The first-order valence-electron chi connectivity index (χ1n) is 5.93. The predicted molar refractivity (Wildman–Crippen MR) is 74.9 cm³/mol. The Hall–Kier alpha value is -2.80. The number of pyridine rings is 1. The molecule has 2 N–H and O–H groups in total. The van der Waals surface area contributed by atoms with Gasteiger partial charge in [-0.2, -0.15) is 5.26 Å². The lowest BCUT2D eigenvalue weighted by atomic mass is 10.2. The molecule has 0 saturated heterocycles. The van der Waals surface area contributed by atoms with Crippen molar-refractivity contribution in [3.8, 4) is 11.8 Å². The minimum absolute atomic E-state index is 0.637. The first-order valence-corrected chi connectivity index (χ1v) is 5.93. The minimum atomic E-state index is 0.637. The molecule has 92 valence electrons. The maximum Gasteiger partial charge on any atom is 0.101 e. The molecule has 4 heteroatoms. The van der Waals surface area contributed by atoms with Gasteiger partial charge in [0, 0.05) is 23.5 Å². The van der Waals surface area contributed by atoms with E-state index in [1.807, 2.05) is 48.0 Å². The molecule has 0 unspecified atom stereocenters. The molecule has 4 nitrogen and oxygen atoms in total. The highest BCUT2D eigenvalue weighted by Crippen LogP contribution is 2.27. The van der Waals surface area contributed by atoms with Gasteiger partial charge in [0.05, 0.1) is 22.5 Å². The quantitative estimate of drug-likeness (QED) is 0.673. The van der Waals surface area contributed by atoms with Crippen LogP contribution in [0.1, 0.15) is 11.3 Å². The maximum absolute atomic E-state index is 9.22. The van der Waals surface area contributed by atoms with Crippen molar-refractivity contribution in [1.82, 2.24) is 9.55 Å². The summed E-state index contributed by atoms with van der Waals surface area (Å²) in [6.45, 7) is 1.94. The van der Waals surface area contributed by atoms with Crippen molar-refractivity contribution in [2.75, 3.05) is 5.73 Å². The number of aromatic nitrogens is 2. The number of nitrogens with zero attached hydrogens (tertiary/aromatic N) is 3. The van der Waals surface area contributed by atoms with Gasteiger partial charge in [-0.15, -0.1) is 0 Å². The Labute approximate surface area is 110 Å². The molecule has 1 aromatic carbocycles. The first-order chi connectivity index (χ1) is 9.20. The maximum atomic E-state index is 9.22. The summed E-state index contributed by atoms with van der Waals surface area (Å²) in [5.74, 6) is 0. The van der Waals surface area contributed by atoms with Crippen molar-refractivity contribution in [1.29, 1.82) is 5.26 Å². The summed E-state index contributed by atoms with van der Waals surface area (Å²) in [5.41, 5.74) is 9.95. The Morgan fingerprint density at radius 2 is 2.16 bits per heavy atom. The fourth-order valence-electron chi connectivity index (χ4n) is 2.26. The van der Waals surface area contributed by atoms with Gasteiger partial charge in [0.2, 0.25) is 0 Å². The van der Waals surface area contributed by atoms with Crippen molar-refractivity contribution < 1.29 is 0 Å². The lowest BCUT2D eigenvalue weighted by Crippen LogP contribution is -1.97. The number of nitrogens with two attached hydrogens (primary N) is 1. The van der Waals surface area contributed by atoms with Gasteiger partial charge < -0.3 is 10.3 Å². The molecule has 0 fully saturated rings. The summed E-state index contributed by atoms with van der Waals surface area (Å²) >= 11 is 0. The molecular formula is C15H12N4. The van der Waals surface area contributed by atoms with Gasteiger partial charge >= 0.3 is 0 Å². The highest BCUT2D eigenvalue weighted by atomic mass is 15.0. The Morgan fingerprint density at radius 3 is 2.89 bits per heavy atom. The number of fused-ring (bicyclic) bond motifs is 1. The van der Waals surface area contributed by atoms with Crippen LogP contribution in [0.25, 0.3) is 16.6 Å². The Balaban J connectivity index is 2.39. The van der Waals surface area contributed by atoms with E-state index in [1.165, 1.54) is 0 Å². The fourth-order valence-corrected chi connectivity index (χ4v) is 2.26. The Kier molecular flexibility index (Phi) is 2.46. The summed E-state index contributed by atoms with van der Waals surface area (Å²) in [4.78, 5) is 4.28. The van der Waals surface area contributed by atoms with E-state index in [1.54, 1.807) is 6.20 Å². The average molecular weight is 248 g/mol. The largest absolute Gasteiger partial charge is 0.399 e. The molecule has 2 aromatic heterocycles. The number of aryl methyl sites for hydroxylation is 1. The molecule has 0 amide bonds. The first kappa shape index (κ1) is 11.3. The smallest absolute Gasteiger partial charge is 0.101 e. The summed E-state index contributed by atoms with van der Waals surface area (Å²) in [6, 6.07) is 11.6. The number of benzene rings is 1. The van der Waals surface area contributed by atoms with Crippen molar-refractivity contribution in [2.24, 2.45) is 0 Å². The van der Waals surface area contributed by atoms with Crippen LogP contribution in [0.2, 0.25) is 0 Å². The standard InChI is InChI=1S/C15H12N4/c1-10-14(3-2-6-18-10)19-9-11(8-16)13-5-4-12(17)7-15(13)19/h2-7,9H,17H2,1H3. The van der Waals surface area contributed by atoms with Gasteiger partial charge in [-0.3, -0.25) is 4.98 Å². The van der Waals surface area contributed by atoms with E-state index in [2.05, 4.69) is 11.1 Å². The molecule has 0 bridgehead atoms. The van der Waals surface area contributed by atoms with Gasteiger partial charge in [-0.1, -0.05) is 0 Å². The summed E-state index contributed by atoms with van der Waals surface area (Å²) in [5, 5.41) is 10.1. The monoisotopic (exact) mass is 248 g/mol. The SMILES string of the molecule is Cc1ncccc1-n1cc(C#N)c2ccc(N)cc21. The van der Waals surface area contributed by atoms with E-state index in [4.69, 9.17) is 5.73 Å². The minimum Gasteiger partial charge on any atom is -0.399 e. The van der Waals surface area contributed by atoms with E-state index >= 15 is 0 Å². The van der Waals surface area contributed by atoms with Crippen molar-refractivity contribution in [2.45, 2.75) is 6.92 Å². The van der Waals surface area contributed by atoms with Crippen molar-refractivity contribution in [3.63, 3.8) is 0 Å². The second-order valence-electron chi connectivity index (χ2n) is 4.41. The van der Waals surface area contributed by atoms with Crippen LogP contribution < -0.4 is 5.73 Å². The molecule has 0 aliphatic heterocycles. The number of nitrogen functional groups attached to an aromatic ring is 1. The number of anilines is 1. The molecular weight excluding hydrogens is 236 g/mol. The van der Waals surface area contributed by atoms with Gasteiger partial charge in [-0.25, -0.2) is 0 Å². The molecule has 0 aliphatic rings. The third-order valence-corrected chi connectivity index (χ3v) is 3.19. The highest BCUT2D eigenvalue weighted by molar-refractivity contribution is 5.90. The van der Waals surface area contributed by atoms with Crippen LogP contribution in [-0.4, -0.2) is 9.55 Å². The summed E-state index contributed by atoms with van der Waals surface area (Å²) in [7, 11) is 0. The highest BCUT2D eigenvalue weighted by Gasteiger charge is 2.11. The Morgan fingerprint density at radius 1 is 1.32 bits per heavy atom. The second-order valence-corrected chi connectivity index (χ2v) is 4.41. The number of rotatable bonds is 1. The molecule has 2 heterocycles.